The summed E-state index contributed by atoms with van der Waals surface area (Å²) in [6.07, 6.45) is 1.94. The number of thiophene rings is 1. The Morgan fingerprint density at radius 3 is 2.44 bits per heavy atom. The summed E-state index contributed by atoms with van der Waals surface area (Å²) >= 11 is 0.975. The average Bonchev–Trinajstić information content (AvgIpc) is 2.89. The first kappa shape index (κ1) is 13.9. The monoisotopic (exact) mass is 310 g/mol. The molecule has 1 saturated carbocycles. The number of nitrogens with two attached hydrogens (primary N) is 1. The van der Waals surface area contributed by atoms with Gasteiger partial charge in [0.1, 0.15) is 4.21 Å². The number of rotatable bonds is 6. The van der Waals surface area contributed by atoms with Crippen LogP contribution in [0.3, 0.4) is 0 Å². The van der Waals surface area contributed by atoms with Crippen molar-refractivity contribution < 1.29 is 16.8 Å². The summed E-state index contributed by atoms with van der Waals surface area (Å²) in [5, 5.41) is 4.97. The molecule has 9 heteroatoms. The Balaban J connectivity index is 1.96. The van der Waals surface area contributed by atoms with E-state index in [1.54, 1.807) is 6.07 Å². The number of hydrogen-bond donors (Lipinski definition) is 2. The van der Waals surface area contributed by atoms with Crippen molar-refractivity contribution in [2.24, 2.45) is 11.1 Å². The molecule has 1 aromatic heterocycles. The van der Waals surface area contributed by atoms with Crippen molar-refractivity contribution in [2.45, 2.75) is 23.6 Å². The molecular weight excluding hydrogens is 296 g/mol. The molecule has 0 spiro atoms. The quantitative estimate of drug-likeness (QED) is 0.784. The van der Waals surface area contributed by atoms with Gasteiger partial charge < -0.3 is 0 Å². The molecule has 6 nitrogen and oxygen atoms in total. The van der Waals surface area contributed by atoms with Gasteiger partial charge in [-0.25, -0.2) is 26.7 Å². The molecule has 102 valence electrons. The van der Waals surface area contributed by atoms with Gasteiger partial charge in [0.25, 0.3) is 0 Å². The van der Waals surface area contributed by atoms with E-state index in [2.05, 4.69) is 4.72 Å². The van der Waals surface area contributed by atoms with Gasteiger partial charge in [-0.2, -0.15) is 0 Å². The summed E-state index contributed by atoms with van der Waals surface area (Å²) in [4.78, 5) is 0.624. The second-order valence-corrected chi connectivity index (χ2v) is 9.12. The van der Waals surface area contributed by atoms with Crippen LogP contribution in [-0.4, -0.2) is 22.6 Å². The smallest absolute Gasteiger partial charge is 0.224 e. The van der Waals surface area contributed by atoms with Crippen molar-refractivity contribution in [3.63, 3.8) is 0 Å². The van der Waals surface area contributed by atoms with E-state index in [0.29, 0.717) is 4.88 Å². The van der Waals surface area contributed by atoms with Crippen LogP contribution in [0.5, 0.6) is 0 Å². The lowest BCUT2D eigenvalue weighted by atomic mass is 10.5. The fraction of sp³-hybridized carbons (Fsp3) is 0.556. The Kier molecular flexibility index (Phi) is 3.79. The molecular formula is C9H14N2O4S3. The van der Waals surface area contributed by atoms with Gasteiger partial charge in [-0.15, -0.1) is 11.3 Å². The predicted molar refractivity (Wildman–Crippen MR) is 69.0 cm³/mol. The third kappa shape index (κ3) is 4.02. The van der Waals surface area contributed by atoms with E-state index < -0.39 is 20.0 Å². The van der Waals surface area contributed by atoms with Crippen molar-refractivity contribution >= 4 is 31.4 Å². The van der Waals surface area contributed by atoms with Crippen LogP contribution in [0.1, 0.15) is 17.7 Å². The maximum atomic E-state index is 11.6. The number of hydrogen-bond acceptors (Lipinski definition) is 5. The van der Waals surface area contributed by atoms with Crippen LogP contribution >= 0.6 is 11.3 Å². The molecule has 0 atom stereocenters. The van der Waals surface area contributed by atoms with Crippen LogP contribution in [0, 0.1) is 5.92 Å². The van der Waals surface area contributed by atoms with Gasteiger partial charge in [-0.1, -0.05) is 0 Å². The van der Waals surface area contributed by atoms with Crippen molar-refractivity contribution in [1.82, 2.24) is 4.72 Å². The van der Waals surface area contributed by atoms with Crippen LogP contribution in [0.15, 0.2) is 16.3 Å². The van der Waals surface area contributed by atoms with E-state index in [1.807, 2.05) is 0 Å². The van der Waals surface area contributed by atoms with E-state index in [4.69, 9.17) is 5.14 Å². The van der Waals surface area contributed by atoms with E-state index in [9.17, 15) is 16.8 Å². The Labute approximate surface area is 110 Å². The number of nitrogens with one attached hydrogen (secondary N) is 1. The third-order valence-electron chi connectivity index (χ3n) is 2.54. The molecule has 0 aliphatic heterocycles. The maximum absolute atomic E-state index is 11.6. The Hall–Kier alpha value is -0.480. The molecule has 1 aliphatic carbocycles. The Bertz CT molecular complexity index is 629. The minimum absolute atomic E-state index is 0.0406. The first-order chi connectivity index (χ1) is 8.26. The largest absolute Gasteiger partial charge is 0.247 e. The average molecular weight is 310 g/mol. The molecule has 1 aromatic rings. The molecule has 0 amide bonds. The lowest BCUT2D eigenvalue weighted by Crippen LogP contribution is -2.26. The van der Waals surface area contributed by atoms with Gasteiger partial charge in [-0.05, 0) is 30.9 Å². The van der Waals surface area contributed by atoms with E-state index in [1.165, 1.54) is 6.07 Å². The second kappa shape index (κ2) is 4.89. The molecule has 0 radical (unpaired) electrons. The highest BCUT2D eigenvalue weighted by molar-refractivity contribution is 7.91. The zero-order chi connectivity index (χ0) is 13.4. The standard InChI is InChI=1S/C9H14N2O4S3/c10-18(14,15)9-4-3-8(16-9)5-11-17(12,13)6-7-1-2-7/h3-4,7,11H,1-2,5-6H2,(H2,10,14,15). The SMILES string of the molecule is NS(=O)(=O)c1ccc(CNS(=O)(=O)CC2CC2)s1. The molecule has 18 heavy (non-hydrogen) atoms. The van der Waals surface area contributed by atoms with Gasteiger partial charge in [0.05, 0.1) is 5.75 Å². The fourth-order valence-corrected chi connectivity index (χ4v) is 4.70. The molecule has 3 N–H and O–H groups in total. The lowest BCUT2D eigenvalue weighted by molar-refractivity contribution is 0.578. The molecule has 0 saturated heterocycles. The van der Waals surface area contributed by atoms with Crippen LogP contribution < -0.4 is 9.86 Å². The summed E-state index contributed by atoms with van der Waals surface area (Å²) in [6, 6.07) is 2.94. The zero-order valence-corrected chi connectivity index (χ0v) is 11.9. The van der Waals surface area contributed by atoms with Gasteiger partial charge >= 0.3 is 0 Å². The predicted octanol–water partition coefficient (Wildman–Crippen LogP) is 0.225. The Morgan fingerprint density at radius 2 is 1.94 bits per heavy atom. The highest BCUT2D eigenvalue weighted by Crippen LogP contribution is 2.30. The highest BCUT2D eigenvalue weighted by atomic mass is 32.2. The molecule has 0 aromatic carbocycles. The van der Waals surface area contributed by atoms with Crippen molar-refractivity contribution in [1.29, 1.82) is 0 Å². The molecule has 2 rings (SSSR count). The third-order valence-corrected chi connectivity index (χ3v) is 6.55. The van der Waals surface area contributed by atoms with Gasteiger partial charge in [-0.3, -0.25) is 0 Å². The second-order valence-electron chi connectivity index (χ2n) is 4.31. The van der Waals surface area contributed by atoms with Crippen molar-refractivity contribution in [3.8, 4) is 0 Å². The Morgan fingerprint density at radius 1 is 1.28 bits per heavy atom. The zero-order valence-electron chi connectivity index (χ0n) is 9.50. The fourth-order valence-electron chi connectivity index (χ4n) is 1.44. The molecule has 0 unspecified atom stereocenters. The lowest BCUT2D eigenvalue weighted by Gasteiger charge is -2.03. The van der Waals surface area contributed by atoms with Crippen molar-refractivity contribution in [2.75, 3.05) is 5.75 Å². The molecule has 1 heterocycles. The first-order valence-electron chi connectivity index (χ1n) is 5.35. The minimum Gasteiger partial charge on any atom is -0.224 e. The van der Waals surface area contributed by atoms with Crippen molar-refractivity contribution in [3.05, 3.63) is 17.0 Å². The van der Waals surface area contributed by atoms with Gasteiger partial charge in [0.2, 0.25) is 20.0 Å². The van der Waals surface area contributed by atoms with E-state index in [0.717, 1.165) is 24.2 Å². The maximum Gasteiger partial charge on any atom is 0.247 e. The summed E-state index contributed by atoms with van der Waals surface area (Å²) in [5.74, 6) is 0.436. The van der Waals surface area contributed by atoms with E-state index in [-0.39, 0.29) is 22.4 Å². The van der Waals surface area contributed by atoms with Crippen LogP contribution in [0.25, 0.3) is 0 Å². The van der Waals surface area contributed by atoms with E-state index >= 15 is 0 Å². The topological polar surface area (TPSA) is 106 Å². The van der Waals surface area contributed by atoms with Crippen LogP contribution in [0.2, 0.25) is 0 Å². The van der Waals surface area contributed by atoms with Crippen LogP contribution in [0.4, 0.5) is 0 Å². The normalized spacial score (nSPS) is 16.9. The minimum atomic E-state index is -3.70. The first-order valence-corrected chi connectivity index (χ1v) is 9.37. The molecule has 1 aliphatic rings. The van der Waals surface area contributed by atoms with Gasteiger partial charge in [0.15, 0.2) is 0 Å². The summed E-state index contributed by atoms with van der Waals surface area (Å²) in [5.41, 5.74) is 0. The number of primary sulfonamides is 1. The van der Waals surface area contributed by atoms with Gasteiger partial charge in [0, 0.05) is 11.4 Å². The molecule has 1 fully saturated rings. The number of sulfonamides is 2. The summed E-state index contributed by atoms with van der Waals surface area (Å²) in [6.45, 7) is 0.106. The summed E-state index contributed by atoms with van der Waals surface area (Å²) < 4.78 is 47.8. The highest BCUT2D eigenvalue weighted by Gasteiger charge is 2.27. The molecule has 0 bridgehead atoms. The summed E-state index contributed by atoms with van der Waals surface area (Å²) in [7, 11) is -6.97. The van der Waals surface area contributed by atoms with Crippen LogP contribution in [-0.2, 0) is 26.6 Å².